The van der Waals surface area contributed by atoms with Crippen LogP contribution in [0.2, 0.25) is 0 Å². The van der Waals surface area contributed by atoms with Crippen molar-refractivity contribution in [3.63, 3.8) is 0 Å². The molecule has 2 heterocycles. The molecule has 0 unspecified atom stereocenters. The van der Waals surface area contributed by atoms with Crippen LogP contribution < -0.4 is 0 Å². The van der Waals surface area contributed by atoms with Gasteiger partial charge in [-0.3, -0.25) is 0 Å². The van der Waals surface area contributed by atoms with Crippen molar-refractivity contribution >= 4 is 21.7 Å². The van der Waals surface area contributed by atoms with Crippen LogP contribution >= 0.6 is 0 Å². The number of rotatable bonds is 6. The Hall–Kier alpha value is -6.65. The van der Waals surface area contributed by atoms with Crippen LogP contribution in [0.1, 0.15) is 0 Å². The van der Waals surface area contributed by atoms with Crippen molar-refractivity contribution in [2.45, 2.75) is 0 Å². The minimum absolute atomic E-state index is 0.691. The molecule has 0 fully saturated rings. The Kier molecular flexibility index (Phi) is 7.10. The molecule has 0 aliphatic carbocycles. The average molecular weight is 627 g/mol. The molecule has 0 saturated heterocycles. The van der Waals surface area contributed by atoms with Crippen LogP contribution in [-0.2, 0) is 0 Å². The van der Waals surface area contributed by atoms with Gasteiger partial charge in [-0.25, -0.2) is 14.6 Å². The molecule has 0 N–H and O–H groups in total. The highest BCUT2D eigenvalue weighted by Crippen LogP contribution is 2.42. The van der Waals surface area contributed by atoms with E-state index in [1.165, 1.54) is 5.39 Å². The van der Waals surface area contributed by atoms with Gasteiger partial charge in [-0.2, -0.15) is 5.10 Å². The van der Waals surface area contributed by atoms with Crippen molar-refractivity contribution in [1.29, 1.82) is 0 Å². The molecule has 2 aromatic heterocycles. The van der Waals surface area contributed by atoms with Gasteiger partial charge < -0.3 is 0 Å². The van der Waals surface area contributed by atoms with Gasteiger partial charge in [0.25, 0.3) is 0 Å². The Labute approximate surface area is 284 Å². The SMILES string of the molecule is c1ccc(-c2cc(-c3cccc(-n4nc(-c5ccccc5)c5c(-c6ccccc6)cc6ccccc6c54)c3)nc(-c3ccccc3)n2)cc1. The first-order valence-corrected chi connectivity index (χ1v) is 16.5. The molecule has 0 aliphatic rings. The highest BCUT2D eigenvalue weighted by Gasteiger charge is 2.21. The van der Waals surface area contributed by atoms with Crippen molar-refractivity contribution in [2.24, 2.45) is 0 Å². The van der Waals surface area contributed by atoms with E-state index in [1.54, 1.807) is 0 Å². The van der Waals surface area contributed by atoms with Crippen molar-refractivity contribution < 1.29 is 0 Å². The van der Waals surface area contributed by atoms with Crippen LogP contribution in [-0.4, -0.2) is 19.7 Å². The number of fused-ring (bicyclic) bond motifs is 3. The minimum atomic E-state index is 0.691. The van der Waals surface area contributed by atoms with Gasteiger partial charge in [0.1, 0.15) is 5.69 Å². The summed E-state index contributed by atoms with van der Waals surface area (Å²) in [6, 6.07) is 63.1. The summed E-state index contributed by atoms with van der Waals surface area (Å²) in [5, 5.41) is 8.86. The molecular weight excluding hydrogens is 597 g/mol. The Bertz CT molecular complexity index is 2520. The maximum absolute atomic E-state index is 5.42. The predicted octanol–water partition coefficient (Wildman–Crippen LogP) is 11.3. The highest BCUT2D eigenvalue weighted by atomic mass is 15.3. The molecule has 4 heteroatoms. The number of hydrogen-bond acceptors (Lipinski definition) is 3. The summed E-state index contributed by atoms with van der Waals surface area (Å²) in [6.45, 7) is 0. The quantitative estimate of drug-likeness (QED) is 0.184. The van der Waals surface area contributed by atoms with Gasteiger partial charge in [-0.1, -0.05) is 158 Å². The molecular formula is C45H30N4. The fraction of sp³-hybridized carbons (Fsp3) is 0. The van der Waals surface area contributed by atoms with Gasteiger partial charge >= 0.3 is 0 Å². The zero-order valence-corrected chi connectivity index (χ0v) is 26.6. The topological polar surface area (TPSA) is 43.6 Å². The number of benzene rings is 7. The third kappa shape index (κ3) is 5.26. The van der Waals surface area contributed by atoms with Crippen molar-refractivity contribution in [3.05, 3.63) is 182 Å². The summed E-state index contributed by atoms with van der Waals surface area (Å²) < 4.78 is 2.12. The summed E-state index contributed by atoms with van der Waals surface area (Å²) in [6.07, 6.45) is 0. The summed E-state index contributed by atoms with van der Waals surface area (Å²) in [5.41, 5.74) is 11.1. The van der Waals surface area contributed by atoms with Gasteiger partial charge in [0.05, 0.1) is 22.6 Å². The van der Waals surface area contributed by atoms with E-state index in [1.807, 2.05) is 36.4 Å². The van der Waals surface area contributed by atoms with Gasteiger partial charge in [0, 0.05) is 33.0 Å². The van der Waals surface area contributed by atoms with E-state index in [2.05, 4.69) is 150 Å². The molecule has 0 spiro atoms. The number of nitrogens with zero attached hydrogens (tertiary/aromatic N) is 4. The first kappa shape index (κ1) is 28.6. The molecule has 0 amide bonds. The van der Waals surface area contributed by atoms with Crippen LogP contribution in [0.15, 0.2) is 182 Å². The van der Waals surface area contributed by atoms with Gasteiger partial charge in [0.2, 0.25) is 0 Å². The van der Waals surface area contributed by atoms with E-state index in [-0.39, 0.29) is 0 Å². The summed E-state index contributed by atoms with van der Waals surface area (Å²) >= 11 is 0. The van der Waals surface area contributed by atoms with Gasteiger partial charge in [-0.15, -0.1) is 0 Å². The smallest absolute Gasteiger partial charge is 0.160 e. The monoisotopic (exact) mass is 626 g/mol. The Balaban J connectivity index is 1.30. The number of hydrogen-bond donors (Lipinski definition) is 0. The molecule has 0 atom stereocenters. The molecule has 4 nitrogen and oxygen atoms in total. The van der Waals surface area contributed by atoms with Crippen LogP contribution in [0.25, 0.3) is 83.6 Å². The third-order valence-corrected chi connectivity index (χ3v) is 9.02. The van der Waals surface area contributed by atoms with Crippen LogP contribution in [0.5, 0.6) is 0 Å². The fourth-order valence-electron chi connectivity index (χ4n) is 6.68. The predicted molar refractivity (Wildman–Crippen MR) is 201 cm³/mol. The maximum atomic E-state index is 5.42. The lowest BCUT2D eigenvalue weighted by Crippen LogP contribution is -1.99. The second kappa shape index (κ2) is 12.2. The lowest BCUT2D eigenvalue weighted by Gasteiger charge is -2.12. The van der Waals surface area contributed by atoms with E-state index >= 15 is 0 Å². The van der Waals surface area contributed by atoms with Gasteiger partial charge in [0.15, 0.2) is 5.82 Å². The second-order valence-corrected chi connectivity index (χ2v) is 12.1. The lowest BCUT2D eigenvalue weighted by atomic mass is 9.94. The van der Waals surface area contributed by atoms with E-state index < -0.39 is 0 Å². The molecule has 7 aromatic carbocycles. The van der Waals surface area contributed by atoms with E-state index in [4.69, 9.17) is 15.1 Å². The fourth-order valence-corrected chi connectivity index (χ4v) is 6.68. The molecule has 9 rings (SSSR count). The molecule has 49 heavy (non-hydrogen) atoms. The third-order valence-electron chi connectivity index (χ3n) is 9.02. The molecule has 9 aromatic rings. The molecule has 0 aliphatic heterocycles. The molecule has 0 saturated carbocycles. The lowest BCUT2D eigenvalue weighted by molar-refractivity contribution is 0.918. The Morgan fingerprint density at radius 2 is 0.959 bits per heavy atom. The van der Waals surface area contributed by atoms with E-state index in [0.29, 0.717) is 5.82 Å². The highest BCUT2D eigenvalue weighted by molar-refractivity contribution is 6.17. The van der Waals surface area contributed by atoms with Crippen LogP contribution in [0, 0.1) is 0 Å². The first-order chi connectivity index (χ1) is 24.3. The Morgan fingerprint density at radius 1 is 0.408 bits per heavy atom. The molecule has 0 radical (unpaired) electrons. The minimum Gasteiger partial charge on any atom is -0.232 e. The van der Waals surface area contributed by atoms with Crippen LogP contribution in [0.3, 0.4) is 0 Å². The summed E-state index contributed by atoms with van der Waals surface area (Å²) in [5.74, 6) is 0.691. The normalized spacial score (nSPS) is 11.3. The summed E-state index contributed by atoms with van der Waals surface area (Å²) in [7, 11) is 0. The summed E-state index contributed by atoms with van der Waals surface area (Å²) in [4.78, 5) is 10.1. The first-order valence-electron chi connectivity index (χ1n) is 16.5. The van der Waals surface area contributed by atoms with E-state index in [0.717, 1.165) is 72.4 Å². The van der Waals surface area contributed by atoms with Gasteiger partial charge in [-0.05, 0) is 40.8 Å². The zero-order valence-electron chi connectivity index (χ0n) is 26.6. The standard InChI is InChI=1S/C45H30N4/c1-5-16-31(17-6-1)39-29-35-24-13-14-27-38(35)44-42(39)43(33-20-9-3-10-21-33)48-49(44)37-26-15-25-36(28-37)41-30-40(32-18-7-2-8-19-32)46-45(47-41)34-22-11-4-12-23-34/h1-30H. The largest absolute Gasteiger partial charge is 0.232 e. The van der Waals surface area contributed by atoms with Crippen molar-refractivity contribution in [3.8, 4) is 62.0 Å². The molecule has 230 valence electrons. The average Bonchev–Trinajstić information content (AvgIpc) is 3.60. The maximum Gasteiger partial charge on any atom is 0.160 e. The van der Waals surface area contributed by atoms with Crippen molar-refractivity contribution in [1.82, 2.24) is 19.7 Å². The van der Waals surface area contributed by atoms with Crippen LogP contribution in [0.4, 0.5) is 0 Å². The Morgan fingerprint density at radius 3 is 1.65 bits per heavy atom. The van der Waals surface area contributed by atoms with Crippen molar-refractivity contribution in [2.75, 3.05) is 0 Å². The second-order valence-electron chi connectivity index (χ2n) is 12.1. The zero-order chi connectivity index (χ0) is 32.6. The number of aromatic nitrogens is 4. The van der Waals surface area contributed by atoms with E-state index in [9.17, 15) is 0 Å². The molecule has 0 bridgehead atoms.